The van der Waals surface area contributed by atoms with Crippen LogP contribution in [-0.4, -0.2) is 35.0 Å². The maximum Gasteiger partial charge on any atom is 0.234 e. The largest absolute Gasteiger partial charge is 0.477 e. The summed E-state index contributed by atoms with van der Waals surface area (Å²) in [7, 11) is 2.04. The third kappa shape index (κ3) is 3.72. The lowest BCUT2D eigenvalue weighted by molar-refractivity contribution is 0.303. The van der Waals surface area contributed by atoms with Gasteiger partial charge in [0, 0.05) is 13.1 Å². The SMILES string of the molecule is CCCOc1cncc(N(C)C2CCCCC2Cl)n1. The van der Waals surface area contributed by atoms with Crippen LogP contribution in [0.5, 0.6) is 5.88 Å². The van der Waals surface area contributed by atoms with Crippen LogP contribution in [0.3, 0.4) is 0 Å². The highest BCUT2D eigenvalue weighted by atomic mass is 35.5. The van der Waals surface area contributed by atoms with E-state index in [1.54, 1.807) is 12.4 Å². The van der Waals surface area contributed by atoms with E-state index in [1.807, 2.05) is 7.05 Å². The summed E-state index contributed by atoms with van der Waals surface area (Å²) >= 11 is 6.43. The molecule has 0 aliphatic heterocycles. The zero-order valence-electron chi connectivity index (χ0n) is 11.7. The van der Waals surface area contributed by atoms with Crippen molar-refractivity contribution < 1.29 is 4.74 Å². The number of ether oxygens (including phenoxy) is 1. The highest BCUT2D eigenvalue weighted by Crippen LogP contribution is 2.29. The molecule has 2 atom stereocenters. The van der Waals surface area contributed by atoms with E-state index in [9.17, 15) is 0 Å². The van der Waals surface area contributed by atoms with Gasteiger partial charge < -0.3 is 9.64 Å². The number of aromatic nitrogens is 2. The summed E-state index contributed by atoms with van der Waals surface area (Å²) < 4.78 is 5.53. The first-order chi connectivity index (χ1) is 9.22. The van der Waals surface area contributed by atoms with Gasteiger partial charge in [0.15, 0.2) is 5.82 Å². The molecule has 19 heavy (non-hydrogen) atoms. The van der Waals surface area contributed by atoms with E-state index >= 15 is 0 Å². The summed E-state index contributed by atoms with van der Waals surface area (Å²) in [5.74, 6) is 1.43. The summed E-state index contributed by atoms with van der Waals surface area (Å²) in [6.07, 6.45) is 9.06. The molecule has 0 aromatic carbocycles. The maximum absolute atomic E-state index is 6.43. The van der Waals surface area contributed by atoms with E-state index in [2.05, 4.69) is 21.8 Å². The van der Waals surface area contributed by atoms with Crippen molar-refractivity contribution in [1.82, 2.24) is 9.97 Å². The third-order valence-corrected chi connectivity index (χ3v) is 4.07. The minimum atomic E-state index is 0.195. The van der Waals surface area contributed by atoms with Gasteiger partial charge in [0.1, 0.15) is 0 Å². The van der Waals surface area contributed by atoms with Crippen LogP contribution in [0.4, 0.5) is 5.82 Å². The molecule has 0 amide bonds. The molecule has 106 valence electrons. The lowest BCUT2D eigenvalue weighted by atomic mass is 9.94. The van der Waals surface area contributed by atoms with Crippen molar-refractivity contribution in [3.63, 3.8) is 0 Å². The van der Waals surface area contributed by atoms with Crippen LogP contribution in [0.25, 0.3) is 0 Å². The molecule has 4 nitrogen and oxygen atoms in total. The smallest absolute Gasteiger partial charge is 0.234 e. The molecule has 1 heterocycles. The number of hydrogen-bond acceptors (Lipinski definition) is 4. The summed E-state index contributed by atoms with van der Waals surface area (Å²) in [5.41, 5.74) is 0. The monoisotopic (exact) mass is 283 g/mol. The second-order valence-electron chi connectivity index (χ2n) is 5.04. The molecule has 1 aromatic rings. The van der Waals surface area contributed by atoms with Crippen LogP contribution < -0.4 is 9.64 Å². The zero-order valence-corrected chi connectivity index (χ0v) is 12.4. The van der Waals surface area contributed by atoms with Gasteiger partial charge in [-0.1, -0.05) is 19.8 Å². The van der Waals surface area contributed by atoms with E-state index in [0.29, 0.717) is 18.5 Å². The van der Waals surface area contributed by atoms with Crippen LogP contribution in [0.2, 0.25) is 0 Å². The predicted molar refractivity (Wildman–Crippen MR) is 78.1 cm³/mol. The fraction of sp³-hybridized carbons (Fsp3) is 0.714. The average Bonchev–Trinajstić information content (AvgIpc) is 2.45. The minimum Gasteiger partial charge on any atom is -0.477 e. The van der Waals surface area contributed by atoms with Crippen molar-refractivity contribution in [2.45, 2.75) is 50.4 Å². The molecule has 0 N–H and O–H groups in total. The van der Waals surface area contributed by atoms with Gasteiger partial charge in [0.25, 0.3) is 0 Å². The first-order valence-electron chi connectivity index (χ1n) is 7.04. The van der Waals surface area contributed by atoms with Crippen LogP contribution in [0, 0.1) is 0 Å². The highest BCUT2D eigenvalue weighted by Gasteiger charge is 2.27. The van der Waals surface area contributed by atoms with Gasteiger partial charge in [0.2, 0.25) is 5.88 Å². The van der Waals surface area contributed by atoms with E-state index in [0.717, 1.165) is 25.1 Å². The van der Waals surface area contributed by atoms with Crippen LogP contribution in [-0.2, 0) is 0 Å². The fourth-order valence-electron chi connectivity index (χ4n) is 2.46. The quantitative estimate of drug-likeness (QED) is 0.778. The fourth-order valence-corrected chi connectivity index (χ4v) is 2.91. The second-order valence-corrected chi connectivity index (χ2v) is 5.60. The molecule has 2 rings (SSSR count). The molecule has 0 spiro atoms. The first kappa shape index (κ1) is 14.4. The van der Waals surface area contributed by atoms with E-state index in [4.69, 9.17) is 16.3 Å². The Kier molecular flexibility index (Phi) is 5.25. The Morgan fingerprint density at radius 3 is 2.89 bits per heavy atom. The summed E-state index contributed by atoms with van der Waals surface area (Å²) in [6, 6.07) is 0.339. The molecule has 1 aliphatic rings. The van der Waals surface area contributed by atoms with E-state index < -0.39 is 0 Å². The molecule has 0 radical (unpaired) electrons. The number of alkyl halides is 1. The van der Waals surface area contributed by atoms with Gasteiger partial charge in [-0.2, -0.15) is 4.98 Å². The molecule has 0 bridgehead atoms. The number of hydrogen-bond donors (Lipinski definition) is 0. The Hall–Kier alpha value is -1.03. The van der Waals surface area contributed by atoms with Gasteiger partial charge in [-0.05, 0) is 19.3 Å². The summed E-state index contributed by atoms with van der Waals surface area (Å²) in [6.45, 7) is 2.74. The molecule has 0 saturated heterocycles. The summed E-state index contributed by atoms with van der Waals surface area (Å²) in [5, 5.41) is 0.195. The molecule has 1 aliphatic carbocycles. The first-order valence-corrected chi connectivity index (χ1v) is 7.47. The van der Waals surface area contributed by atoms with Crippen LogP contribution >= 0.6 is 11.6 Å². The molecular weight excluding hydrogens is 262 g/mol. The normalized spacial score (nSPS) is 23.1. The molecule has 1 aromatic heterocycles. The number of rotatable bonds is 5. The molecule has 2 unspecified atom stereocenters. The lowest BCUT2D eigenvalue weighted by Gasteiger charge is -2.35. The van der Waals surface area contributed by atoms with Crippen molar-refractivity contribution in [2.24, 2.45) is 0 Å². The predicted octanol–water partition coefficient (Wildman–Crippen LogP) is 3.25. The van der Waals surface area contributed by atoms with Gasteiger partial charge >= 0.3 is 0 Å². The Labute approximate surface area is 120 Å². The van der Waals surface area contributed by atoms with Crippen molar-refractivity contribution in [3.8, 4) is 5.88 Å². The standard InChI is InChI=1S/C14H22ClN3O/c1-3-8-19-14-10-16-9-13(17-14)18(2)12-7-5-4-6-11(12)15/h9-12H,3-8H2,1-2H3. The Morgan fingerprint density at radius 1 is 1.37 bits per heavy atom. The number of nitrogens with zero attached hydrogens (tertiary/aromatic N) is 3. The maximum atomic E-state index is 6.43. The third-order valence-electron chi connectivity index (χ3n) is 3.56. The van der Waals surface area contributed by atoms with Crippen LogP contribution in [0.1, 0.15) is 39.0 Å². The number of halogens is 1. The van der Waals surface area contributed by atoms with Gasteiger partial charge in [-0.15, -0.1) is 11.6 Å². The van der Waals surface area contributed by atoms with Crippen molar-refractivity contribution in [1.29, 1.82) is 0 Å². The van der Waals surface area contributed by atoms with Crippen LogP contribution in [0.15, 0.2) is 12.4 Å². The minimum absolute atomic E-state index is 0.195. The topological polar surface area (TPSA) is 38.2 Å². The Bertz CT molecular complexity index is 402. The molecular formula is C14H22ClN3O. The van der Waals surface area contributed by atoms with Gasteiger partial charge in [0.05, 0.1) is 24.4 Å². The second kappa shape index (κ2) is 6.94. The van der Waals surface area contributed by atoms with Gasteiger partial charge in [-0.3, -0.25) is 4.98 Å². The van der Waals surface area contributed by atoms with Gasteiger partial charge in [-0.25, -0.2) is 0 Å². The number of anilines is 1. The lowest BCUT2D eigenvalue weighted by Crippen LogP contribution is -2.41. The molecule has 1 saturated carbocycles. The zero-order chi connectivity index (χ0) is 13.7. The van der Waals surface area contributed by atoms with Crippen molar-refractivity contribution in [3.05, 3.63) is 12.4 Å². The Morgan fingerprint density at radius 2 is 2.16 bits per heavy atom. The van der Waals surface area contributed by atoms with E-state index in [-0.39, 0.29) is 5.38 Å². The van der Waals surface area contributed by atoms with Crippen molar-refractivity contribution in [2.75, 3.05) is 18.6 Å². The molecule has 1 fully saturated rings. The molecule has 5 heteroatoms. The van der Waals surface area contributed by atoms with Crippen molar-refractivity contribution >= 4 is 17.4 Å². The summed E-state index contributed by atoms with van der Waals surface area (Å²) in [4.78, 5) is 10.9. The van der Waals surface area contributed by atoms with E-state index in [1.165, 1.54) is 12.8 Å². The highest BCUT2D eigenvalue weighted by molar-refractivity contribution is 6.21. The average molecular weight is 284 g/mol. The Balaban J connectivity index is 2.07.